The molecule has 0 N–H and O–H groups in total. The molecule has 3 heterocycles. The third kappa shape index (κ3) is 2.69. The molecule has 120 valence electrons. The van der Waals surface area contributed by atoms with Crippen LogP contribution in [0.15, 0.2) is 65.4 Å². The first-order valence-corrected chi connectivity index (χ1v) is 8.03. The van der Waals surface area contributed by atoms with E-state index in [-0.39, 0.29) is 11.8 Å². The lowest BCUT2D eigenvalue weighted by atomic mass is 10.0. The van der Waals surface area contributed by atoms with Gasteiger partial charge in [-0.3, -0.25) is 9.78 Å². The Balaban J connectivity index is 1.55. The molecule has 1 atom stereocenters. The number of pyridine rings is 1. The molecule has 1 fully saturated rings. The first kappa shape index (κ1) is 14.6. The lowest BCUT2D eigenvalue weighted by Gasteiger charge is -2.16. The standard InChI is InChI=1S/C19H17N3O2/c23-19(16-12-21-24-18(16)14-6-2-1-3-7-14)22-11-9-15(13-22)17-8-4-5-10-20-17/h1-8,10,12,15H,9,11,13H2. The van der Waals surface area contributed by atoms with Crippen molar-refractivity contribution in [2.75, 3.05) is 13.1 Å². The Labute approximate surface area is 139 Å². The van der Waals surface area contributed by atoms with Crippen molar-refractivity contribution in [3.63, 3.8) is 0 Å². The fourth-order valence-corrected chi connectivity index (χ4v) is 3.16. The van der Waals surface area contributed by atoms with Crippen molar-refractivity contribution in [2.24, 2.45) is 0 Å². The second-order valence-electron chi connectivity index (χ2n) is 5.93. The summed E-state index contributed by atoms with van der Waals surface area (Å²) in [6.07, 6.45) is 4.24. The van der Waals surface area contributed by atoms with Gasteiger partial charge in [-0.15, -0.1) is 0 Å². The largest absolute Gasteiger partial charge is 0.355 e. The molecule has 5 heteroatoms. The summed E-state index contributed by atoms with van der Waals surface area (Å²) in [6.45, 7) is 1.40. The number of aromatic nitrogens is 2. The first-order chi connectivity index (χ1) is 11.8. The zero-order valence-electron chi connectivity index (χ0n) is 13.1. The number of benzene rings is 1. The molecule has 1 unspecified atom stereocenters. The topological polar surface area (TPSA) is 59.2 Å². The maximum Gasteiger partial charge on any atom is 0.259 e. The minimum atomic E-state index is -0.0338. The van der Waals surface area contributed by atoms with E-state index in [0.29, 0.717) is 17.9 Å². The molecule has 24 heavy (non-hydrogen) atoms. The van der Waals surface area contributed by atoms with Gasteiger partial charge in [-0.1, -0.05) is 41.6 Å². The molecule has 0 aliphatic carbocycles. The first-order valence-electron chi connectivity index (χ1n) is 8.03. The number of hydrogen-bond acceptors (Lipinski definition) is 4. The summed E-state index contributed by atoms with van der Waals surface area (Å²) in [6, 6.07) is 15.5. The zero-order chi connectivity index (χ0) is 16.4. The minimum Gasteiger partial charge on any atom is -0.355 e. The third-order valence-electron chi connectivity index (χ3n) is 4.42. The number of nitrogens with zero attached hydrogens (tertiary/aromatic N) is 3. The van der Waals surface area contributed by atoms with Crippen LogP contribution < -0.4 is 0 Å². The Kier molecular flexibility index (Phi) is 3.83. The van der Waals surface area contributed by atoms with E-state index in [1.165, 1.54) is 6.20 Å². The van der Waals surface area contributed by atoms with Crippen LogP contribution in [0.2, 0.25) is 0 Å². The maximum absolute atomic E-state index is 12.9. The summed E-state index contributed by atoms with van der Waals surface area (Å²) < 4.78 is 5.33. The van der Waals surface area contributed by atoms with Gasteiger partial charge in [-0.2, -0.15) is 0 Å². The van der Waals surface area contributed by atoms with E-state index in [4.69, 9.17) is 4.52 Å². The summed E-state index contributed by atoms with van der Waals surface area (Å²) in [5, 5.41) is 3.83. The van der Waals surface area contributed by atoms with Gasteiger partial charge in [0.15, 0.2) is 5.76 Å². The molecular weight excluding hydrogens is 302 g/mol. The van der Waals surface area contributed by atoms with Crippen molar-refractivity contribution in [2.45, 2.75) is 12.3 Å². The quantitative estimate of drug-likeness (QED) is 0.742. The molecule has 2 aromatic heterocycles. The van der Waals surface area contributed by atoms with Gasteiger partial charge in [0.2, 0.25) is 0 Å². The number of carbonyl (C=O) groups is 1. The van der Waals surface area contributed by atoms with Gasteiger partial charge in [0.1, 0.15) is 5.56 Å². The smallest absolute Gasteiger partial charge is 0.259 e. The Morgan fingerprint density at radius 3 is 2.75 bits per heavy atom. The predicted molar refractivity (Wildman–Crippen MR) is 89.4 cm³/mol. The van der Waals surface area contributed by atoms with Gasteiger partial charge in [0.05, 0.1) is 6.20 Å². The van der Waals surface area contributed by atoms with E-state index in [0.717, 1.165) is 24.2 Å². The van der Waals surface area contributed by atoms with E-state index < -0.39 is 0 Å². The lowest BCUT2D eigenvalue weighted by Crippen LogP contribution is -2.28. The fraction of sp³-hybridized carbons (Fsp3) is 0.211. The van der Waals surface area contributed by atoms with Crippen LogP contribution in [-0.2, 0) is 0 Å². The summed E-state index contributed by atoms with van der Waals surface area (Å²) in [4.78, 5) is 19.2. The van der Waals surface area contributed by atoms with Crippen molar-refractivity contribution in [1.82, 2.24) is 15.0 Å². The van der Waals surface area contributed by atoms with Crippen LogP contribution in [0.25, 0.3) is 11.3 Å². The molecule has 0 bridgehead atoms. The Bertz CT molecular complexity index is 830. The van der Waals surface area contributed by atoms with E-state index in [2.05, 4.69) is 10.1 Å². The van der Waals surface area contributed by atoms with Crippen LogP contribution in [0.1, 0.15) is 28.4 Å². The van der Waals surface area contributed by atoms with Crippen molar-refractivity contribution in [1.29, 1.82) is 0 Å². The highest BCUT2D eigenvalue weighted by molar-refractivity contribution is 5.99. The number of rotatable bonds is 3. The maximum atomic E-state index is 12.9. The molecular formula is C19H17N3O2. The van der Waals surface area contributed by atoms with E-state index in [1.54, 1.807) is 6.20 Å². The summed E-state index contributed by atoms with van der Waals surface area (Å²) in [5.74, 6) is 0.783. The molecule has 4 rings (SSSR count). The average Bonchev–Trinajstić information content (AvgIpc) is 3.32. The van der Waals surface area contributed by atoms with Crippen LogP contribution in [0.4, 0.5) is 0 Å². The van der Waals surface area contributed by atoms with Gasteiger partial charge in [0.25, 0.3) is 5.91 Å². The molecule has 1 aliphatic rings. The SMILES string of the molecule is O=C(c1cnoc1-c1ccccc1)N1CCC(c2ccccn2)C1. The van der Waals surface area contributed by atoms with Gasteiger partial charge in [0, 0.05) is 36.5 Å². The molecule has 0 spiro atoms. The molecule has 0 radical (unpaired) electrons. The van der Waals surface area contributed by atoms with Gasteiger partial charge < -0.3 is 9.42 Å². The van der Waals surface area contributed by atoms with Crippen LogP contribution in [0, 0.1) is 0 Å². The van der Waals surface area contributed by atoms with Crippen LogP contribution in [0.5, 0.6) is 0 Å². The second kappa shape index (κ2) is 6.28. The molecule has 1 amide bonds. The Morgan fingerprint density at radius 1 is 1.12 bits per heavy atom. The van der Waals surface area contributed by atoms with Crippen molar-refractivity contribution in [3.05, 3.63) is 72.2 Å². The number of carbonyl (C=O) groups excluding carboxylic acids is 1. The molecule has 3 aromatic rings. The van der Waals surface area contributed by atoms with E-state index in [9.17, 15) is 4.79 Å². The normalized spacial score (nSPS) is 17.2. The second-order valence-corrected chi connectivity index (χ2v) is 5.93. The highest BCUT2D eigenvalue weighted by atomic mass is 16.5. The monoisotopic (exact) mass is 319 g/mol. The average molecular weight is 319 g/mol. The van der Waals surface area contributed by atoms with Crippen molar-refractivity contribution < 1.29 is 9.32 Å². The van der Waals surface area contributed by atoms with Gasteiger partial charge in [-0.05, 0) is 18.6 Å². The highest BCUT2D eigenvalue weighted by Gasteiger charge is 2.31. The van der Waals surface area contributed by atoms with Crippen LogP contribution in [-0.4, -0.2) is 34.0 Å². The van der Waals surface area contributed by atoms with Gasteiger partial charge in [-0.25, -0.2) is 0 Å². The van der Waals surface area contributed by atoms with Crippen LogP contribution >= 0.6 is 0 Å². The highest BCUT2D eigenvalue weighted by Crippen LogP contribution is 2.29. The summed E-state index contributed by atoms with van der Waals surface area (Å²) >= 11 is 0. The molecule has 1 saturated heterocycles. The molecule has 1 aromatic carbocycles. The number of hydrogen-bond donors (Lipinski definition) is 0. The van der Waals surface area contributed by atoms with Gasteiger partial charge >= 0.3 is 0 Å². The summed E-state index contributed by atoms with van der Waals surface area (Å²) in [7, 11) is 0. The van der Waals surface area contributed by atoms with Crippen LogP contribution in [0.3, 0.4) is 0 Å². The minimum absolute atomic E-state index is 0.0338. The predicted octanol–water partition coefficient (Wildman–Crippen LogP) is 3.37. The summed E-state index contributed by atoms with van der Waals surface area (Å²) in [5.41, 5.74) is 2.42. The van der Waals surface area contributed by atoms with Crippen molar-refractivity contribution in [3.8, 4) is 11.3 Å². The van der Waals surface area contributed by atoms with E-state index >= 15 is 0 Å². The van der Waals surface area contributed by atoms with E-state index in [1.807, 2.05) is 53.4 Å². The number of likely N-dealkylation sites (tertiary alicyclic amines) is 1. The molecule has 0 saturated carbocycles. The lowest BCUT2D eigenvalue weighted by molar-refractivity contribution is 0.0791. The van der Waals surface area contributed by atoms with Crippen molar-refractivity contribution >= 4 is 5.91 Å². The molecule has 1 aliphatic heterocycles. The number of amides is 1. The fourth-order valence-electron chi connectivity index (χ4n) is 3.16. The Hall–Kier alpha value is -2.95. The zero-order valence-corrected chi connectivity index (χ0v) is 13.1. The Morgan fingerprint density at radius 2 is 1.96 bits per heavy atom. The third-order valence-corrected chi connectivity index (χ3v) is 4.42. The molecule has 5 nitrogen and oxygen atoms in total.